The van der Waals surface area contributed by atoms with Crippen LogP contribution in [0.5, 0.6) is 0 Å². The highest BCUT2D eigenvalue weighted by Gasteiger charge is 2.31. The molecule has 0 aromatic heterocycles. The second kappa shape index (κ2) is 5.32. The average Bonchev–Trinajstić information content (AvgIpc) is 2.87. The van der Waals surface area contributed by atoms with Crippen LogP contribution in [0.15, 0.2) is 0 Å². The van der Waals surface area contributed by atoms with E-state index in [0.717, 1.165) is 13.2 Å². The van der Waals surface area contributed by atoms with Gasteiger partial charge in [0.25, 0.3) is 0 Å². The maximum atomic E-state index is 7.28. The summed E-state index contributed by atoms with van der Waals surface area (Å²) in [5.41, 5.74) is 5.41. The van der Waals surface area contributed by atoms with Gasteiger partial charge < -0.3 is 10.5 Å². The highest BCUT2D eigenvalue weighted by atomic mass is 16.5. The van der Waals surface area contributed by atoms with Gasteiger partial charge in [-0.3, -0.25) is 10.3 Å². The van der Waals surface area contributed by atoms with Gasteiger partial charge in [0.1, 0.15) is 0 Å². The molecule has 0 spiro atoms. The summed E-state index contributed by atoms with van der Waals surface area (Å²) in [5.74, 6) is 0.278. The predicted molar refractivity (Wildman–Crippen MR) is 57.6 cm³/mol. The topological polar surface area (TPSA) is 62.3 Å². The molecule has 1 aliphatic carbocycles. The smallest absolute Gasteiger partial charge is 0.0920 e. The Morgan fingerprint density at radius 3 is 2.71 bits per heavy atom. The predicted octanol–water partition coefficient (Wildman–Crippen LogP) is 0.812. The maximum Gasteiger partial charge on any atom is 0.0920 e. The molecule has 1 aliphatic rings. The Balaban J connectivity index is 2.35. The van der Waals surface area contributed by atoms with Crippen LogP contribution in [0, 0.1) is 5.41 Å². The third-order valence-corrected chi connectivity index (χ3v) is 2.65. The van der Waals surface area contributed by atoms with Crippen molar-refractivity contribution in [1.29, 1.82) is 5.41 Å². The Kier molecular flexibility index (Phi) is 4.35. The molecule has 1 atom stereocenters. The molecule has 1 saturated carbocycles. The van der Waals surface area contributed by atoms with E-state index in [0.29, 0.717) is 18.5 Å². The van der Waals surface area contributed by atoms with Crippen LogP contribution in [0.1, 0.15) is 26.2 Å². The fourth-order valence-electron chi connectivity index (χ4n) is 1.80. The van der Waals surface area contributed by atoms with Crippen molar-refractivity contribution in [3.05, 3.63) is 0 Å². The fraction of sp³-hybridized carbons (Fsp3) is 0.900. The summed E-state index contributed by atoms with van der Waals surface area (Å²) in [6.45, 7) is 3.85. The van der Waals surface area contributed by atoms with Crippen LogP contribution < -0.4 is 5.73 Å². The number of amidine groups is 1. The summed E-state index contributed by atoms with van der Waals surface area (Å²) in [4.78, 5) is 2.41. The summed E-state index contributed by atoms with van der Waals surface area (Å²) < 4.78 is 5.08. The molecule has 82 valence electrons. The third-order valence-electron chi connectivity index (χ3n) is 2.65. The molecular formula is C10H21N3O. The summed E-state index contributed by atoms with van der Waals surface area (Å²) in [6, 6.07) is 1.08. The lowest BCUT2D eigenvalue weighted by Gasteiger charge is -2.28. The molecule has 0 radical (unpaired) electrons. The summed E-state index contributed by atoms with van der Waals surface area (Å²) >= 11 is 0. The van der Waals surface area contributed by atoms with Crippen LogP contribution in [0.3, 0.4) is 0 Å². The van der Waals surface area contributed by atoms with Gasteiger partial charge in [-0.2, -0.15) is 0 Å². The Hall–Kier alpha value is -0.610. The van der Waals surface area contributed by atoms with Crippen LogP contribution in [0.25, 0.3) is 0 Å². The first-order valence-corrected chi connectivity index (χ1v) is 5.22. The summed E-state index contributed by atoms with van der Waals surface area (Å²) in [6.07, 6.45) is 3.23. The van der Waals surface area contributed by atoms with E-state index in [1.54, 1.807) is 7.11 Å². The maximum absolute atomic E-state index is 7.28. The van der Waals surface area contributed by atoms with E-state index in [-0.39, 0.29) is 5.84 Å². The lowest BCUT2D eigenvalue weighted by Crippen LogP contribution is -2.39. The Morgan fingerprint density at radius 2 is 2.29 bits per heavy atom. The molecule has 3 N–H and O–H groups in total. The molecule has 0 aliphatic heterocycles. The van der Waals surface area contributed by atoms with Crippen molar-refractivity contribution in [2.24, 2.45) is 5.73 Å². The van der Waals surface area contributed by atoms with E-state index < -0.39 is 0 Å². The molecule has 1 unspecified atom stereocenters. The van der Waals surface area contributed by atoms with Gasteiger partial charge in [0.15, 0.2) is 0 Å². The second-order valence-electron chi connectivity index (χ2n) is 4.04. The van der Waals surface area contributed by atoms with Gasteiger partial charge in [-0.15, -0.1) is 0 Å². The minimum Gasteiger partial charge on any atom is -0.388 e. The number of rotatable bonds is 7. The zero-order valence-corrected chi connectivity index (χ0v) is 9.12. The molecule has 4 heteroatoms. The van der Waals surface area contributed by atoms with Crippen molar-refractivity contribution in [1.82, 2.24) is 4.90 Å². The second-order valence-corrected chi connectivity index (χ2v) is 4.04. The van der Waals surface area contributed by atoms with Crippen molar-refractivity contribution in [3.8, 4) is 0 Å². The van der Waals surface area contributed by atoms with E-state index in [2.05, 4.69) is 11.8 Å². The molecule has 0 aromatic carbocycles. The molecule has 0 heterocycles. The van der Waals surface area contributed by atoms with Gasteiger partial charge in [-0.25, -0.2) is 0 Å². The van der Waals surface area contributed by atoms with Crippen LogP contribution >= 0.6 is 0 Å². The minimum absolute atomic E-state index is 0.278. The van der Waals surface area contributed by atoms with E-state index in [9.17, 15) is 0 Å². The average molecular weight is 199 g/mol. The molecule has 14 heavy (non-hydrogen) atoms. The lowest BCUT2D eigenvalue weighted by molar-refractivity contribution is 0.121. The van der Waals surface area contributed by atoms with Gasteiger partial charge in [-0.05, 0) is 19.8 Å². The SMILES string of the molecule is COCCN(C(C)CC(=N)N)C1CC1. The Labute approximate surface area is 85.9 Å². The van der Waals surface area contributed by atoms with Crippen LogP contribution in [0.4, 0.5) is 0 Å². The van der Waals surface area contributed by atoms with Crippen molar-refractivity contribution in [2.45, 2.75) is 38.3 Å². The number of nitrogens with one attached hydrogen (secondary N) is 1. The molecule has 1 fully saturated rings. The van der Waals surface area contributed by atoms with Gasteiger partial charge in [0, 0.05) is 32.2 Å². The van der Waals surface area contributed by atoms with Gasteiger partial charge in [-0.1, -0.05) is 0 Å². The number of ether oxygens (including phenoxy) is 1. The zero-order chi connectivity index (χ0) is 10.6. The first kappa shape index (κ1) is 11.5. The fourth-order valence-corrected chi connectivity index (χ4v) is 1.80. The number of hydrogen-bond acceptors (Lipinski definition) is 3. The molecule has 1 rings (SSSR count). The summed E-state index contributed by atoms with van der Waals surface area (Å²) in [7, 11) is 1.72. The highest BCUT2D eigenvalue weighted by Crippen LogP contribution is 2.28. The number of hydrogen-bond donors (Lipinski definition) is 2. The lowest BCUT2D eigenvalue weighted by atomic mass is 10.2. The van der Waals surface area contributed by atoms with E-state index in [1.807, 2.05) is 0 Å². The normalized spacial score (nSPS) is 18.5. The first-order chi connectivity index (χ1) is 6.65. The van der Waals surface area contributed by atoms with Gasteiger partial charge in [0.2, 0.25) is 0 Å². The molecule has 4 nitrogen and oxygen atoms in total. The van der Waals surface area contributed by atoms with Crippen molar-refractivity contribution < 1.29 is 4.74 Å². The third kappa shape index (κ3) is 3.64. The molecular weight excluding hydrogens is 178 g/mol. The molecule has 0 saturated heterocycles. The van der Waals surface area contributed by atoms with Crippen molar-refractivity contribution >= 4 is 5.84 Å². The minimum atomic E-state index is 0.278. The number of nitrogens with zero attached hydrogens (tertiary/aromatic N) is 1. The molecule has 0 amide bonds. The van der Waals surface area contributed by atoms with Gasteiger partial charge >= 0.3 is 0 Å². The largest absolute Gasteiger partial charge is 0.388 e. The summed E-state index contributed by atoms with van der Waals surface area (Å²) in [5, 5.41) is 7.28. The van der Waals surface area contributed by atoms with Crippen molar-refractivity contribution in [3.63, 3.8) is 0 Å². The zero-order valence-electron chi connectivity index (χ0n) is 9.12. The van der Waals surface area contributed by atoms with Crippen LogP contribution in [-0.4, -0.2) is 43.1 Å². The Morgan fingerprint density at radius 1 is 1.64 bits per heavy atom. The van der Waals surface area contributed by atoms with Gasteiger partial charge in [0.05, 0.1) is 12.4 Å². The van der Waals surface area contributed by atoms with E-state index >= 15 is 0 Å². The standard InChI is InChI=1S/C10H21N3O/c1-8(7-10(11)12)13(5-6-14-2)9-3-4-9/h8-9H,3-7H2,1-2H3,(H3,11,12). The van der Waals surface area contributed by atoms with Crippen LogP contribution in [-0.2, 0) is 4.74 Å². The first-order valence-electron chi connectivity index (χ1n) is 5.22. The molecule has 0 bridgehead atoms. The highest BCUT2D eigenvalue weighted by molar-refractivity contribution is 5.77. The monoisotopic (exact) mass is 199 g/mol. The van der Waals surface area contributed by atoms with E-state index in [1.165, 1.54) is 12.8 Å². The number of methoxy groups -OCH3 is 1. The quantitative estimate of drug-likeness (QED) is 0.471. The number of nitrogens with two attached hydrogens (primary N) is 1. The van der Waals surface area contributed by atoms with Crippen LogP contribution in [0.2, 0.25) is 0 Å². The van der Waals surface area contributed by atoms with Crippen molar-refractivity contribution in [2.75, 3.05) is 20.3 Å². The Bertz CT molecular complexity index is 192. The molecule has 0 aromatic rings. The van der Waals surface area contributed by atoms with E-state index in [4.69, 9.17) is 15.9 Å².